The van der Waals surface area contributed by atoms with Crippen LogP contribution in [0, 0.1) is 6.92 Å². The standard InChI is InChI=1S/C15H15N.2C2H6/c1-4-13-5-6-14(8-12(13)3)15-7-11(2)9-16-10-15;2*1-2/h4-10H,3H2,1-2H3;2*1-2H3/b13-4-;;. The minimum absolute atomic E-state index is 1.06. The van der Waals surface area contributed by atoms with E-state index in [0.29, 0.717) is 0 Å². The van der Waals surface area contributed by atoms with Crippen molar-refractivity contribution in [3.05, 3.63) is 52.7 Å². The van der Waals surface area contributed by atoms with Crippen molar-refractivity contribution in [2.45, 2.75) is 41.5 Å². The van der Waals surface area contributed by atoms with E-state index in [1.54, 1.807) is 0 Å². The highest BCUT2D eigenvalue weighted by molar-refractivity contribution is 5.63. The van der Waals surface area contributed by atoms with Gasteiger partial charge in [-0.3, -0.25) is 4.98 Å². The van der Waals surface area contributed by atoms with Gasteiger partial charge in [0, 0.05) is 18.0 Å². The third kappa shape index (κ3) is 5.00. The Kier molecular flexibility index (Phi) is 9.02. The molecule has 0 aliphatic heterocycles. The van der Waals surface area contributed by atoms with Crippen LogP contribution in [0.5, 0.6) is 0 Å². The van der Waals surface area contributed by atoms with Gasteiger partial charge in [0.05, 0.1) is 0 Å². The number of benzene rings is 1. The lowest BCUT2D eigenvalue weighted by atomic mass is 10.0. The van der Waals surface area contributed by atoms with E-state index in [0.717, 1.165) is 10.8 Å². The largest absolute Gasteiger partial charge is 0.264 e. The van der Waals surface area contributed by atoms with Crippen LogP contribution >= 0.6 is 0 Å². The molecule has 1 heterocycles. The maximum Gasteiger partial charge on any atom is 0.0346 e. The molecule has 2 aromatic rings. The first-order chi connectivity index (χ1) is 9.70. The average Bonchev–Trinajstić information content (AvgIpc) is 2.51. The highest BCUT2D eigenvalue weighted by Crippen LogP contribution is 2.16. The topological polar surface area (TPSA) is 12.9 Å². The van der Waals surface area contributed by atoms with Gasteiger partial charge in [0.1, 0.15) is 0 Å². The van der Waals surface area contributed by atoms with E-state index in [-0.39, 0.29) is 0 Å². The summed E-state index contributed by atoms with van der Waals surface area (Å²) in [6, 6.07) is 8.45. The maximum absolute atomic E-state index is 4.20. The van der Waals surface area contributed by atoms with Crippen molar-refractivity contribution < 1.29 is 0 Å². The molecule has 1 aromatic heterocycles. The lowest BCUT2D eigenvalue weighted by molar-refractivity contribution is 1.27. The van der Waals surface area contributed by atoms with Crippen LogP contribution in [0.15, 0.2) is 36.7 Å². The van der Waals surface area contributed by atoms with Crippen molar-refractivity contribution in [3.8, 4) is 11.1 Å². The summed E-state index contributed by atoms with van der Waals surface area (Å²) in [5.41, 5.74) is 3.49. The van der Waals surface area contributed by atoms with Crippen molar-refractivity contribution in [1.29, 1.82) is 0 Å². The Hall–Kier alpha value is -1.89. The first-order valence-corrected chi connectivity index (χ1v) is 7.38. The number of rotatable bonds is 1. The van der Waals surface area contributed by atoms with Gasteiger partial charge < -0.3 is 0 Å². The summed E-state index contributed by atoms with van der Waals surface area (Å²) in [4.78, 5) is 4.20. The first kappa shape index (κ1) is 18.1. The molecule has 0 spiro atoms. The Balaban J connectivity index is 0.000000829. The number of aromatic nitrogens is 1. The fourth-order valence-corrected chi connectivity index (χ4v) is 1.78. The second-order valence-electron chi connectivity index (χ2n) is 3.95. The zero-order chi connectivity index (χ0) is 15.5. The molecule has 1 nitrogen and oxygen atoms in total. The van der Waals surface area contributed by atoms with Gasteiger partial charge >= 0.3 is 0 Å². The number of hydrogen-bond acceptors (Lipinski definition) is 1. The van der Waals surface area contributed by atoms with Gasteiger partial charge in [0.2, 0.25) is 0 Å². The molecule has 0 atom stereocenters. The fraction of sp³-hybridized carbons (Fsp3) is 0.316. The van der Waals surface area contributed by atoms with Gasteiger partial charge in [-0.1, -0.05) is 52.5 Å². The van der Waals surface area contributed by atoms with Crippen LogP contribution in [0.4, 0.5) is 0 Å². The summed E-state index contributed by atoms with van der Waals surface area (Å²) in [5.74, 6) is 0. The first-order valence-electron chi connectivity index (χ1n) is 7.38. The molecule has 1 aromatic carbocycles. The van der Waals surface area contributed by atoms with Crippen LogP contribution in [0.1, 0.15) is 40.2 Å². The van der Waals surface area contributed by atoms with E-state index in [1.165, 1.54) is 16.3 Å². The Morgan fingerprint density at radius 3 is 2.10 bits per heavy atom. The van der Waals surface area contributed by atoms with Crippen LogP contribution in [0.2, 0.25) is 0 Å². The zero-order valence-corrected chi connectivity index (χ0v) is 13.7. The minimum Gasteiger partial charge on any atom is -0.264 e. The summed E-state index contributed by atoms with van der Waals surface area (Å²) < 4.78 is 0. The van der Waals surface area contributed by atoms with E-state index in [1.807, 2.05) is 47.0 Å². The number of nitrogens with zero attached hydrogens (tertiary/aromatic N) is 1. The van der Waals surface area contributed by atoms with Crippen molar-refractivity contribution in [3.63, 3.8) is 0 Å². The molecule has 0 radical (unpaired) electrons. The predicted octanol–water partition coefficient (Wildman–Crippen LogP) is 4.32. The SMILES string of the molecule is C=c1cc(-c2cncc(C)c2)cc/c1=C/C.CC.CC. The van der Waals surface area contributed by atoms with Gasteiger partial charge in [-0.2, -0.15) is 0 Å². The number of hydrogen-bond donors (Lipinski definition) is 0. The van der Waals surface area contributed by atoms with Gasteiger partial charge in [-0.15, -0.1) is 0 Å². The number of aryl methyl sites for hydroxylation is 1. The predicted molar refractivity (Wildman–Crippen MR) is 92.0 cm³/mol. The lowest BCUT2D eigenvalue weighted by Gasteiger charge is -2.02. The van der Waals surface area contributed by atoms with Crippen molar-refractivity contribution in [2.75, 3.05) is 0 Å². The normalized spacial score (nSPS) is 10.0. The third-order valence-electron chi connectivity index (χ3n) is 2.66. The van der Waals surface area contributed by atoms with E-state index in [9.17, 15) is 0 Å². The molecule has 0 aliphatic carbocycles. The molecule has 108 valence electrons. The second-order valence-corrected chi connectivity index (χ2v) is 3.95. The van der Waals surface area contributed by atoms with E-state index in [4.69, 9.17) is 0 Å². The molecule has 0 aliphatic rings. The van der Waals surface area contributed by atoms with Crippen molar-refractivity contribution >= 4 is 12.7 Å². The Morgan fingerprint density at radius 2 is 1.60 bits per heavy atom. The molecule has 0 amide bonds. The Morgan fingerprint density at radius 1 is 0.950 bits per heavy atom. The van der Waals surface area contributed by atoms with Crippen LogP contribution in [0.3, 0.4) is 0 Å². The Labute approximate surface area is 123 Å². The van der Waals surface area contributed by atoms with Crippen LogP contribution < -0.4 is 10.4 Å². The van der Waals surface area contributed by atoms with Crippen LogP contribution in [-0.2, 0) is 0 Å². The van der Waals surface area contributed by atoms with E-state index < -0.39 is 0 Å². The summed E-state index contributed by atoms with van der Waals surface area (Å²) >= 11 is 0. The molecular weight excluding hydrogens is 242 g/mol. The van der Waals surface area contributed by atoms with Gasteiger partial charge in [-0.25, -0.2) is 0 Å². The summed E-state index contributed by atoms with van der Waals surface area (Å²) in [6.07, 6.45) is 5.82. The monoisotopic (exact) mass is 269 g/mol. The molecule has 0 N–H and O–H groups in total. The summed E-state index contributed by atoms with van der Waals surface area (Å²) in [7, 11) is 0. The van der Waals surface area contributed by atoms with E-state index >= 15 is 0 Å². The smallest absolute Gasteiger partial charge is 0.0346 e. The molecule has 0 fully saturated rings. The molecular formula is C19H27N. The van der Waals surface area contributed by atoms with Gasteiger partial charge in [-0.05, 0) is 47.5 Å². The third-order valence-corrected chi connectivity index (χ3v) is 2.66. The molecule has 0 saturated carbocycles. The Bertz CT molecular complexity index is 612. The van der Waals surface area contributed by atoms with Gasteiger partial charge in [0.15, 0.2) is 0 Å². The molecule has 0 unspecified atom stereocenters. The molecule has 20 heavy (non-hydrogen) atoms. The molecule has 0 saturated heterocycles. The molecule has 2 rings (SSSR count). The van der Waals surface area contributed by atoms with Crippen molar-refractivity contribution in [2.24, 2.45) is 0 Å². The molecule has 0 bridgehead atoms. The average molecular weight is 269 g/mol. The quantitative estimate of drug-likeness (QED) is 0.751. The number of pyridine rings is 1. The van der Waals surface area contributed by atoms with Gasteiger partial charge in [0.25, 0.3) is 0 Å². The van der Waals surface area contributed by atoms with E-state index in [2.05, 4.69) is 48.8 Å². The second kappa shape index (κ2) is 9.96. The maximum atomic E-state index is 4.20. The highest BCUT2D eigenvalue weighted by Gasteiger charge is 1.97. The fourth-order valence-electron chi connectivity index (χ4n) is 1.78. The lowest BCUT2D eigenvalue weighted by Crippen LogP contribution is -2.21. The summed E-state index contributed by atoms with van der Waals surface area (Å²) in [5, 5.41) is 2.24. The zero-order valence-electron chi connectivity index (χ0n) is 13.7. The highest BCUT2D eigenvalue weighted by atomic mass is 14.6. The summed E-state index contributed by atoms with van der Waals surface area (Å²) in [6.45, 7) is 16.1. The van der Waals surface area contributed by atoms with Crippen molar-refractivity contribution in [1.82, 2.24) is 4.98 Å². The van der Waals surface area contributed by atoms with Crippen LogP contribution in [0.25, 0.3) is 23.8 Å². The molecule has 1 heteroatoms. The van der Waals surface area contributed by atoms with Crippen LogP contribution in [-0.4, -0.2) is 4.98 Å². The minimum atomic E-state index is 1.06.